The Bertz CT molecular complexity index is 256. The number of rotatable bonds is 7. The van der Waals surface area contributed by atoms with Crippen LogP contribution in [-0.4, -0.2) is 37.3 Å². The summed E-state index contributed by atoms with van der Waals surface area (Å²) in [6.45, 7) is 1.54. The second-order valence-corrected chi connectivity index (χ2v) is 4.02. The fraction of sp³-hybridized carbons (Fsp3) is 0.800. The molecule has 1 fully saturated rings. The van der Waals surface area contributed by atoms with Crippen molar-refractivity contribution in [2.45, 2.75) is 19.3 Å². The summed E-state index contributed by atoms with van der Waals surface area (Å²) in [5, 5.41) is 22.9. The molecule has 5 nitrogen and oxygen atoms in total. The fourth-order valence-electron chi connectivity index (χ4n) is 1.33. The van der Waals surface area contributed by atoms with Crippen molar-refractivity contribution in [3.63, 3.8) is 0 Å². The first-order valence-electron chi connectivity index (χ1n) is 5.18. The van der Waals surface area contributed by atoms with E-state index < -0.39 is 0 Å². The SMILES string of the molecule is N#CCCNC(=O)CNCC1(CO)CC1. The highest BCUT2D eigenvalue weighted by Gasteiger charge is 2.41. The number of aliphatic hydroxyl groups excluding tert-OH is 1. The highest BCUT2D eigenvalue weighted by molar-refractivity contribution is 5.77. The molecule has 1 amide bonds. The molecule has 1 rings (SSSR count). The lowest BCUT2D eigenvalue weighted by Gasteiger charge is -2.12. The van der Waals surface area contributed by atoms with Crippen LogP contribution in [0.2, 0.25) is 0 Å². The molecule has 0 spiro atoms. The quantitative estimate of drug-likeness (QED) is 0.490. The van der Waals surface area contributed by atoms with Crippen molar-refractivity contribution in [1.82, 2.24) is 10.6 Å². The van der Waals surface area contributed by atoms with Gasteiger partial charge in [0.25, 0.3) is 0 Å². The zero-order valence-corrected chi connectivity index (χ0v) is 8.75. The van der Waals surface area contributed by atoms with Crippen LogP contribution in [0.1, 0.15) is 19.3 Å². The molecular weight excluding hydrogens is 194 g/mol. The smallest absolute Gasteiger partial charge is 0.233 e. The van der Waals surface area contributed by atoms with Crippen molar-refractivity contribution >= 4 is 5.91 Å². The van der Waals surface area contributed by atoms with Gasteiger partial charge in [0.1, 0.15) is 0 Å². The van der Waals surface area contributed by atoms with Crippen molar-refractivity contribution in [2.75, 3.05) is 26.2 Å². The number of nitrogens with one attached hydrogen (secondary N) is 2. The highest BCUT2D eigenvalue weighted by atomic mass is 16.3. The first kappa shape index (κ1) is 12.0. The van der Waals surface area contributed by atoms with Crippen LogP contribution in [0.3, 0.4) is 0 Å². The molecule has 0 atom stereocenters. The number of carbonyl (C=O) groups is 1. The minimum Gasteiger partial charge on any atom is -0.396 e. The monoisotopic (exact) mass is 211 g/mol. The Morgan fingerprint density at radius 2 is 2.27 bits per heavy atom. The van der Waals surface area contributed by atoms with Crippen molar-refractivity contribution in [3.05, 3.63) is 0 Å². The molecular formula is C10H17N3O2. The predicted molar refractivity (Wildman–Crippen MR) is 54.9 cm³/mol. The van der Waals surface area contributed by atoms with Crippen LogP contribution in [0.5, 0.6) is 0 Å². The summed E-state index contributed by atoms with van der Waals surface area (Å²) in [7, 11) is 0. The average Bonchev–Trinajstić information content (AvgIpc) is 2.99. The first-order chi connectivity index (χ1) is 7.22. The lowest BCUT2D eigenvalue weighted by Crippen LogP contribution is -2.37. The average molecular weight is 211 g/mol. The molecule has 5 heteroatoms. The number of amides is 1. The molecule has 15 heavy (non-hydrogen) atoms. The Kier molecular flexibility index (Phi) is 4.53. The van der Waals surface area contributed by atoms with Crippen molar-refractivity contribution in [1.29, 1.82) is 5.26 Å². The van der Waals surface area contributed by atoms with Crippen LogP contribution in [0.4, 0.5) is 0 Å². The van der Waals surface area contributed by atoms with Gasteiger partial charge in [-0.25, -0.2) is 0 Å². The van der Waals surface area contributed by atoms with E-state index in [1.807, 2.05) is 6.07 Å². The topological polar surface area (TPSA) is 85.2 Å². The third-order valence-electron chi connectivity index (χ3n) is 2.64. The maximum absolute atomic E-state index is 11.2. The van der Waals surface area contributed by atoms with E-state index in [9.17, 15) is 4.79 Å². The summed E-state index contributed by atoms with van der Waals surface area (Å²) < 4.78 is 0. The third-order valence-corrected chi connectivity index (χ3v) is 2.64. The van der Waals surface area contributed by atoms with E-state index in [0.717, 1.165) is 12.8 Å². The van der Waals surface area contributed by atoms with E-state index in [1.165, 1.54) is 0 Å². The Morgan fingerprint density at radius 3 is 2.80 bits per heavy atom. The molecule has 1 saturated carbocycles. The molecule has 0 radical (unpaired) electrons. The van der Waals surface area contributed by atoms with E-state index in [0.29, 0.717) is 19.5 Å². The van der Waals surface area contributed by atoms with E-state index in [1.54, 1.807) is 0 Å². The molecule has 0 aromatic carbocycles. The van der Waals surface area contributed by atoms with Gasteiger partial charge in [-0.2, -0.15) is 5.26 Å². The van der Waals surface area contributed by atoms with E-state index >= 15 is 0 Å². The molecule has 84 valence electrons. The first-order valence-corrected chi connectivity index (χ1v) is 5.18. The largest absolute Gasteiger partial charge is 0.396 e. The summed E-state index contributed by atoms with van der Waals surface area (Å²) in [4.78, 5) is 11.2. The van der Waals surface area contributed by atoms with E-state index in [2.05, 4.69) is 10.6 Å². The van der Waals surface area contributed by atoms with E-state index in [4.69, 9.17) is 10.4 Å². The fourth-order valence-corrected chi connectivity index (χ4v) is 1.33. The van der Waals surface area contributed by atoms with Gasteiger partial charge >= 0.3 is 0 Å². The Labute approximate surface area is 89.5 Å². The lowest BCUT2D eigenvalue weighted by atomic mass is 10.1. The summed E-state index contributed by atoms with van der Waals surface area (Å²) in [6, 6.07) is 1.95. The minimum atomic E-state index is -0.0982. The van der Waals surface area contributed by atoms with Gasteiger partial charge in [0.2, 0.25) is 5.91 Å². The summed E-state index contributed by atoms with van der Waals surface area (Å²) >= 11 is 0. The Morgan fingerprint density at radius 1 is 1.53 bits per heavy atom. The molecule has 0 aromatic rings. The number of carbonyl (C=O) groups excluding carboxylic acids is 1. The van der Waals surface area contributed by atoms with Crippen LogP contribution < -0.4 is 10.6 Å². The van der Waals surface area contributed by atoms with Gasteiger partial charge in [0.15, 0.2) is 0 Å². The molecule has 1 aliphatic rings. The number of aliphatic hydroxyl groups is 1. The van der Waals surface area contributed by atoms with Crippen LogP contribution in [-0.2, 0) is 4.79 Å². The molecule has 1 aliphatic carbocycles. The molecule has 0 unspecified atom stereocenters. The second kappa shape index (κ2) is 5.69. The van der Waals surface area contributed by atoms with E-state index in [-0.39, 0.29) is 24.5 Å². The number of hydrogen-bond acceptors (Lipinski definition) is 4. The van der Waals surface area contributed by atoms with Gasteiger partial charge < -0.3 is 15.7 Å². The molecule has 0 aromatic heterocycles. The molecule has 0 heterocycles. The second-order valence-electron chi connectivity index (χ2n) is 4.02. The minimum absolute atomic E-state index is 0.0347. The lowest BCUT2D eigenvalue weighted by molar-refractivity contribution is -0.120. The van der Waals surface area contributed by atoms with Crippen molar-refractivity contribution in [2.24, 2.45) is 5.41 Å². The van der Waals surface area contributed by atoms with Gasteiger partial charge in [-0.1, -0.05) is 0 Å². The Hall–Kier alpha value is -1.12. The van der Waals surface area contributed by atoms with Gasteiger partial charge in [0, 0.05) is 25.1 Å². The maximum Gasteiger partial charge on any atom is 0.233 e. The third kappa shape index (κ3) is 4.28. The summed E-state index contributed by atoms with van der Waals surface area (Å²) in [5.41, 5.74) is 0.0347. The number of nitrogens with zero attached hydrogens (tertiary/aromatic N) is 1. The summed E-state index contributed by atoms with van der Waals surface area (Å²) in [5.74, 6) is -0.0982. The Balaban J connectivity index is 2.00. The molecule has 0 bridgehead atoms. The van der Waals surface area contributed by atoms with Crippen LogP contribution in [0.15, 0.2) is 0 Å². The van der Waals surface area contributed by atoms with Crippen molar-refractivity contribution in [3.8, 4) is 6.07 Å². The molecule has 0 aliphatic heterocycles. The van der Waals surface area contributed by atoms with Gasteiger partial charge in [-0.3, -0.25) is 4.79 Å². The standard InChI is InChI=1S/C10H17N3O2/c11-4-1-5-13-9(15)6-12-7-10(8-14)2-3-10/h12,14H,1-3,5-8H2,(H,13,15). The van der Waals surface area contributed by atoms with Crippen LogP contribution in [0, 0.1) is 16.7 Å². The maximum atomic E-state index is 11.2. The zero-order chi connectivity index (χ0) is 11.1. The van der Waals surface area contributed by atoms with Gasteiger partial charge in [-0.15, -0.1) is 0 Å². The van der Waals surface area contributed by atoms with Gasteiger partial charge in [0.05, 0.1) is 19.0 Å². The normalized spacial score (nSPS) is 16.8. The summed E-state index contributed by atoms with van der Waals surface area (Å²) in [6.07, 6.45) is 2.41. The highest BCUT2D eigenvalue weighted by Crippen LogP contribution is 2.44. The number of nitriles is 1. The van der Waals surface area contributed by atoms with Crippen LogP contribution >= 0.6 is 0 Å². The molecule has 3 N–H and O–H groups in total. The number of hydrogen-bond donors (Lipinski definition) is 3. The van der Waals surface area contributed by atoms with Crippen molar-refractivity contribution < 1.29 is 9.90 Å². The van der Waals surface area contributed by atoms with Crippen LogP contribution in [0.25, 0.3) is 0 Å². The van der Waals surface area contributed by atoms with Gasteiger partial charge in [-0.05, 0) is 12.8 Å². The zero-order valence-electron chi connectivity index (χ0n) is 8.75. The molecule has 0 saturated heterocycles. The predicted octanol–water partition coefficient (Wildman–Crippen LogP) is -0.622.